The van der Waals surface area contributed by atoms with Crippen LogP contribution >= 0.6 is 0 Å². The maximum Gasteiger partial charge on any atom is 0.145 e. The fourth-order valence-electron chi connectivity index (χ4n) is 1.92. The third-order valence-electron chi connectivity index (χ3n) is 2.96. The fraction of sp³-hybridized carbons (Fsp3) is 0.357. The van der Waals surface area contributed by atoms with Crippen molar-refractivity contribution in [3.63, 3.8) is 0 Å². The molecule has 2 aromatic rings. The lowest BCUT2D eigenvalue weighted by molar-refractivity contribution is 0.835. The van der Waals surface area contributed by atoms with Gasteiger partial charge in [0, 0.05) is 25.2 Å². The van der Waals surface area contributed by atoms with Crippen molar-refractivity contribution >= 4 is 11.6 Å². The van der Waals surface area contributed by atoms with Crippen molar-refractivity contribution in [2.75, 3.05) is 17.4 Å². The second-order valence-electron chi connectivity index (χ2n) is 4.65. The molecule has 0 unspecified atom stereocenters. The van der Waals surface area contributed by atoms with Gasteiger partial charge in [-0.3, -0.25) is 4.98 Å². The molecule has 0 bridgehead atoms. The molecule has 0 atom stereocenters. The maximum absolute atomic E-state index is 5.44. The maximum atomic E-state index is 5.44. The quantitative estimate of drug-likeness (QED) is 0.636. The van der Waals surface area contributed by atoms with Crippen molar-refractivity contribution in [2.45, 2.75) is 26.8 Å². The minimum Gasteiger partial charge on any atom is -0.354 e. The van der Waals surface area contributed by atoms with E-state index in [1.165, 1.54) is 0 Å². The second-order valence-corrected chi connectivity index (χ2v) is 4.65. The van der Waals surface area contributed by atoms with Gasteiger partial charge in [0.05, 0.1) is 12.2 Å². The third-order valence-corrected chi connectivity index (χ3v) is 2.96. The van der Waals surface area contributed by atoms with E-state index in [4.69, 9.17) is 5.84 Å². The van der Waals surface area contributed by atoms with Crippen LogP contribution in [0.15, 0.2) is 24.3 Å². The van der Waals surface area contributed by atoms with E-state index in [0.717, 1.165) is 29.5 Å². The topological polar surface area (TPSA) is 80.0 Å². The summed E-state index contributed by atoms with van der Waals surface area (Å²) in [6.45, 7) is 4.69. The van der Waals surface area contributed by atoms with Gasteiger partial charge >= 0.3 is 0 Å². The first-order chi connectivity index (χ1) is 9.62. The molecular weight excluding hydrogens is 252 g/mol. The Kier molecular flexibility index (Phi) is 4.47. The first kappa shape index (κ1) is 14.2. The summed E-state index contributed by atoms with van der Waals surface area (Å²) < 4.78 is 0. The van der Waals surface area contributed by atoms with Crippen LogP contribution in [0.5, 0.6) is 0 Å². The number of hydrogen-bond acceptors (Lipinski definition) is 6. The Labute approximate surface area is 119 Å². The van der Waals surface area contributed by atoms with Crippen molar-refractivity contribution in [3.8, 4) is 0 Å². The number of nitrogen functional groups attached to an aromatic ring is 1. The highest BCUT2D eigenvalue weighted by Crippen LogP contribution is 2.16. The van der Waals surface area contributed by atoms with Gasteiger partial charge < -0.3 is 10.3 Å². The number of nitrogens with two attached hydrogens (primary N) is 1. The van der Waals surface area contributed by atoms with Crippen molar-refractivity contribution < 1.29 is 0 Å². The summed E-state index contributed by atoms with van der Waals surface area (Å²) in [7, 11) is 1.98. The van der Waals surface area contributed by atoms with E-state index in [0.29, 0.717) is 12.4 Å². The Bertz CT molecular complexity index is 561. The standard InChI is InChI=1S/C14H20N6/c1-4-12-17-13(19-15)8-14(18-12)20(3)9-11-7-5-6-10(2)16-11/h5-8H,4,9,15H2,1-3H3,(H,17,18,19). The van der Waals surface area contributed by atoms with Gasteiger partial charge in [0.1, 0.15) is 17.5 Å². The summed E-state index contributed by atoms with van der Waals surface area (Å²) in [5.41, 5.74) is 4.59. The Morgan fingerprint density at radius 3 is 2.70 bits per heavy atom. The normalized spacial score (nSPS) is 10.4. The summed E-state index contributed by atoms with van der Waals surface area (Å²) >= 11 is 0. The fourth-order valence-corrected chi connectivity index (χ4v) is 1.92. The zero-order chi connectivity index (χ0) is 14.5. The number of nitrogens with one attached hydrogen (secondary N) is 1. The molecule has 0 saturated carbocycles. The largest absolute Gasteiger partial charge is 0.354 e. The van der Waals surface area contributed by atoms with E-state index in [2.05, 4.69) is 20.4 Å². The van der Waals surface area contributed by atoms with E-state index in [1.807, 2.05) is 50.1 Å². The average molecular weight is 272 g/mol. The van der Waals surface area contributed by atoms with Gasteiger partial charge in [-0.1, -0.05) is 13.0 Å². The second kappa shape index (κ2) is 6.29. The highest BCUT2D eigenvalue weighted by molar-refractivity contribution is 5.48. The minimum absolute atomic E-state index is 0.621. The Hall–Kier alpha value is -2.21. The molecule has 0 spiro atoms. The van der Waals surface area contributed by atoms with Crippen LogP contribution in [-0.2, 0) is 13.0 Å². The summed E-state index contributed by atoms with van der Waals surface area (Å²) in [5, 5.41) is 0. The van der Waals surface area contributed by atoms with Crippen LogP contribution in [0.2, 0.25) is 0 Å². The van der Waals surface area contributed by atoms with Crippen LogP contribution in [0.1, 0.15) is 24.1 Å². The van der Waals surface area contributed by atoms with E-state index in [9.17, 15) is 0 Å². The van der Waals surface area contributed by atoms with E-state index in [1.54, 1.807) is 0 Å². The molecule has 0 aromatic carbocycles. The molecule has 0 aliphatic carbocycles. The van der Waals surface area contributed by atoms with E-state index in [-0.39, 0.29) is 0 Å². The Morgan fingerprint density at radius 1 is 1.25 bits per heavy atom. The SMILES string of the molecule is CCc1nc(NN)cc(N(C)Cc2cccc(C)n2)n1. The lowest BCUT2D eigenvalue weighted by Crippen LogP contribution is -2.20. The van der Waals surface area contributed by atoms with Gasteiger partial charge in [-0.25, -0.2) is 15.8 Å². The predicted octanol–water partition coefficient (Wildman–Crippen LogP) is 1.66. The molecule has 0 aliphatic heterocycles. The van der Waals surface area contributed by atoms with Crippen LogP contribution in [0, 0.1) is 6.92 Å². The van der Waals surface area contributed by atoms with Gasteiger partial charge in [-0.15, -0.1) is 0 Å². The number of hydrazine groups is 1. The lowest BCUT2D eigenvalue weighted by atomic mass is 10.3. The molecule has 0 amide bonds. The van der Waals surface area contributed by atoms with E-state index >= 15 is 0 Å². The third kappa shape index (κ3) is 3.42. The number of anilines is 2. The molecule has 2 rings (SSSR count). The van der Waals surface area contributed by atoms with Crippen LogP contribution in [0.4, 0.5) is 11.6 Å². The molecule has 6 heteroatoms. The summed E-state index contributed by atoms with van der Waals surface area (Å²) in [6, 6.07) is 7.83. The molecule has 20 heavy (non-hydrogen) atoms. The number of rotatable bonds is 5. The van der Waals surface area contributed by atoms with Crippen LogP contribution < -0.4 is 16.2 Å². The van der Waals surface area contributed by atoms with Crippen molar-refractivity contribution in [2.24, 2.45) is 5.84 Å². The molecular formula is C14H20N6. The molecule has 0 radical (unpaired) electrons. The lowest BCUT2D eigenvalue weighted by Gasteiger charge is -2.19. The molecule has 106 valence electrons. The summed E-state index contributed by atoms with van der Waals surface area (Å²) in [4.78, 5) is 15.3. The first-order valence-corrected chi connectivity index (χ1v) is 6.60. The highest BCUT2D eigenvalue weighted by Gasteiger charge is 2.08. The smallest absolute Gasteiger partial charge is 0.145 e. The van der Waals surface area contributed by atoms with E-state index < -0.39 is 0 Å². The highest BCUT2D eigenvalue weighted by atomic mass is 15.3. The molecule has 2 aromatic heterocycles. The molecule has 0 aliphatic rings. The number of pyridine rings is 1. The molecule has 6 nitrogen and oxygen atoms in total. The summed E-state index contributed by atoms with van der Waals surface area (Å²) in [5.74, 6) is 7.66. The van der Waals surface area contributed by atoms with Gasteiger partial charge in [-0.2, -0.15) is 0 Å². The zero-order valence-corrected chi connectivity index (χ0v) is 12.1. The van der Waals surface area contributed by atoms with Crippen molar-refractivity contribution in [1.29, 1.82) is 0 Å². The van der Waals surface area contributed by atoms with Gasteiger partial charge in [0.25, 0.3) is 0 Å². The first-order valence-electron chi connectivity index (χ1n) is 6.60. The number of aryl methyl sites for hydroxylation is 2. The van der Waals surface area contributed by atoms with Gasteiger partial charge in [0.2, 0.25) is 0 Å². The number of hydrogen-bond donors (Lipinski definition) is 2. The van der Waals surface area contributed by atoms with Crippen molar-refractivity contribution in [1.82, 2.24) is 15.0 Å². The molecule has 0 fully saturated rings. The predicted molar refractivity (Wildman–Crippen MR) is 80.3 cm³/mol. The number of aromatic nitrogens is 3. The number of nitrogens with zero attached hydrogens (tertiary/aromatic N) is 4. The Balaban J connectivity index is 2.22. The monoisotopic (exact) mass is 272 g/mol. The van der Waals surface area contributed by atoms with Crippen LogP contribution in [0.3, 0.4) is 0 Å². The molecule has 3 N–H and O–H groups in total. The van der Waals surface area contributed by atoms with Gasteiger partial charge in [0.15, 0.2) is 0 Å². The van der Waals surface area contributed by atoms with Crippen molar-refractivity contribution in [3.05, 3.63) is 41.5 Å². The Morgan fingerprint density at radius 2 is 2.05 bits per heavy atom. The average Bonchev–Trinajstić information content (AvgIpc) is 2.46. The van der Waals surface area contributed by atoms with Crippen LogP contribution in [0.25, 0.3) is 0 Å². The molecule has 0 saturated heterocycles. The zero-order valence-electron chi connectivity index (χ0n) is 12.1. The van der Waals surface area contributed by atoms with Crippen LogP contribution in [-0.4, -0.2) is 22.0 Å². The molecule has 2 heterocycles. The summed E-state index contributed by atoms with van der Waals surface area (Å²) in [6.07, 6.45) is 0.763. The van der Waals surface area contributed by atoms with Gasteiger partial charge in [-0.05, 0) is 19.1 Å². The minimum atomic E-state index is 0.621.